The summed E-state index contributed by atoms with van der Waals surface area (Å²) in [6.07, 6.45) is 5.71. The van der Waals surface area contributed by atoms with Crippen LogP contribution < -0.4 is 4.90 Å². The highest BCUT2D eigenvalue weighted by Crippen LogP contribution is 2.49. The Labute approximate surface area is 230 Å². The second kappa shape index (κ2) is 11.0. The fourth-order valence-corrected chi connectivity index (χ4v) is 5.32. The molecule has 5 nitrogen and oxygen atoms in total. The summed E-state index contributed by atoms with van der Waals surface area (Å²) in [5.74, 6) is 1.01. The summed E-state index contributed by atoms with van der Waals surface area (Å²) < 4.78 is 7.26. The molecule has 1 fully saturated rings. The normalized spacial score (nSPS) is 13.8. The molecule has 1 saturated carbocycles. The third-order valence-electron chi connectivity index (χ3n) is 7.52. The quantitative estimate of drug-likeness (QED) is 0.207. The summed E-state index contributed by atoms with van der Waals surface area (Å²) in [6.45, 7) is 3.20. The zero-order valence-electron chi connectivity index (χ0n) is 22.3. The average Bonchev–Trinajstić information content (AvgIpc) is 3.66. The molecule has 1 aromatic heterocycles. The monoisotopic (exact) mass is 527 g/mol. The molecule has 6 heteroatoms. The summed E-state index contributed by atoms with van der Waals surface area (Å²) in [5, 5.41) is 5.33. The highest BCUT2D eigenvalue weighted by atomic mass is 35.5. The van der Waals surface area contributed by atoms with Crippen LogP contribution in [-0.2, 0) is 28.4 Å². The van der Waals surface area contributed by atoms with Crippen LogP contribution in [0, 0.1) is 0 Å². The van der Waals surface area contributed by atoms with Gasteiger partial charge in [0.1, 0.15) is 5.82 Å². The number of nitrogens with zero attached hydrogens (tertiary/aromatic N) is 3. The number of carbonyl (C=O) groups is 1. The lowest BCUT2D eigenvalue weighted by Gasteiger charge is -2.21. The fraction of sp³-hybridized carbons (Fsp3) is 0.312. The Morgan fingerprint density at radius 2 is 1.58 bits per heavy atom. The number of esters is 1. The van der Waals surface area contributed by atoms with Crippen LogP contribution in [0.2, 0.25) is 5.02 Å². The third-order valence-corrected chi connectivity index (χ3v) is 7.78. The molecular formula is C32H34ClN3O2. The molecule has 1 aliphatic rings. The van der Waals surface area contributed by atoms with Gasteiger partial charge in [0.25, 0.3) is 0 Å². The van der Waals surface area contributed by atoms with Crippen molar-refractivity contribution in [1.82, 2.24) is 9.78 Å². The van der Waals surface area contributed by atoms with Gasteiger partial charge in [-0.25, -0.2) is 0 Å². The summed E-state index contributed by atoms with van der Waals surface area (Å²) in [7, 11) is 4.12. The maximum atomic E-state index is 12.4. The zero-order valence-corrected chi connectivity index (χ0v) is 23.0. The number of ether oxygens (including phenoxy) is 1. The van der Waals surface area contributed by atoms with Gasteiger partial charge >= 0.3 is 5.97 Å². The molecule has 3 aromatic carbocycles. The molecule has 4 aromatic rings. The molecule has 0 N–H and O–H groups in total. The summed E-state index contributed by atoms with van der Waals surface area (Å²) >= 11 is 6.01. The van der Waals surface area contributed by atoms with Crippen LogP contribution >= 0.6 is 11.6 Å². The standard InChI is InChI=1S/C32H34ClN3O2/c1-4-38-31(37)32(19-20-32)27-15-13-25(14-16-27)24-9-11-26(12-10-24)29-22-34-36(3)30(29)35(2)21-5-6-23-7-17-28(33)18-8-23/h7-18,22H,4-6,19-21H2,1-3H3. The van der Waals surface area contributed by atoms with Gasteiger partial charge in [-0.3, -0.25) is 9.48 Å². The lowest BCUT2D eigenvalue weighted by molar-refractivity contribution is -0.146. The van der Waals surface area contributed by atoms with E-state index in [-0.39, 0.29) is 5.97 Å². The minimum atomic E-state index is -0.435. The van der Waals surface area contributed by atoms with E-state index in [1.54, 1.807) is 0 Å². The predicted octanol–water partition coefficient (Wildman–Crippen LogP) is 7.07. The molecule has 5 rings (SSSR count). The van der Waals surface area contributed by atoms with Crippen LogP contribution in [-0.4, -0.2) is 35.9 Å². The van der Waals surface area contributed by atoms with Gasteiger partial charge < -0.3 is 9.64 Å². The van der Waals surface area contributed by atoms with E-state index in [4.69, 9.17) is 16.3 Å². The van der Waals surface area contributed by atoms with Gasteiger partial charge in [-0.2, -0.15) is 5.10 Å². The van der Waals surface area contributed by atoms with Crippen molar-refractivity contribution >= 4 is 23.4 Å². The lowest BCUT2D eigenvalue weighted by atomic mass is 9.93. The van der Waals surface area contributed by atoms with Crippen molar-refractivity contribution in [2.75, 3.05) is 25.1 Å². The minimum Gasteiger partial charge on any atom is -0.465 e. The Morgan fingerprint density at radius 3 is 2.18 bits per heavy atom. The van der Waals surface area contributed by atoms with E-state index in [1.807, 2.05) is 37.0 Å². The molecule has 0 bridgehead atoms. The van der Waals surface area contributed by atoms with E-state index in [9.17, 15) is 4.79 Å². The molecule has 0 amide bonds. The van der Waals surface area contributed by atoms with Gasteiger partial charge in [0.2, 0.25) is 0 Å². The smallest absolute Gasteiger partial charge is 0.316 e. The number of aromatic nitrogens is 2. The largest absolute Gasteiger partial charge is 0.465 e. The predicted molar refractivity (Wildman–Crippen MR) is 155 cm³/mol. The molecular weight excluding hydrogens is 494 g/mol. The third kappa shape index (κ3) is 5.34. The van der Waals surface area contributed by atoms with Crippen molar-refractivity contribution in [3.63, 3.8) is 0 Å². The van der Waals surface area contributed by atoms with E-state index in [0.717, 1.165) is 70.9 Å². The topological polar surface area (TPSA) is 47.4 Å². The van der Waals surface area contributed by atoms with Gasteiger partial charge in [-0.15, -0.1) is 0 Å². The number of aryl methyl sites for hydroxylation is 2. The Hall–Kier alpha value is -3.57. The number of benzene rings is 3. The van der Waals surface area contributed by atoms with Crippen LogP contribution in [0.3, 0.4) is 0 Å². The molecule has 0 atom stereocenters. The summed E-state index contributed by atoms with van der Waals surface area (Å²) in [4.78, 5) is 14.7. The van der Waals surface area contributed by atoms with E-state index < -0.39 is 5.41 Å². The molecule has 1 aliphatic carbocycles. The Kier molecular flexibility index (Phi) is 7.57. The van der Waals surface area contributed by atoms with Gasteiger partial charge in [0.15, 0.2) is 0 Å². The minimum absolute atomic E-state index is 0.0978. The van der Waals surface area contributed by atoms with Crippen molar-refractivity contribution in [3.05, 3.63) is 95.1 Å². The first-order valence-electron chi connectivity index (χ1n) is 13.3. The summed E-state index contributed by atoms with van der Waals surface area (Å²) in [6, 6.07) is 25.1. The molecule has 0 aliphatic heterocycles. The number of hydrogen-bond donors (Lipinski definition) is 0. The Bertz CT molecular complexity index is 1390. The molecule has 38 heavy (non-hydrogen) atoms. The first kappa shape index (κ1) is 26.1. The number of carbonyl (C=O) groups excluding carboxylic acids is 1. The van der Waals surface area contributed by atoms with Crippen LogP contribution in [0.25, 0.3) is 22.3 Å². The van der Waals surface area contributed by atoms with Crippen molar-refractivity contribution in [3.8, 4) is 22.3 Å². The van der Waals surface area contributed by atoms with Gasteiger partial charge in [0, 0.05) is 31.2 Å². The Morgan fingerprint density at radius 1 is 0.974 bits per heavy atom. The highest BCUT2D eigenvalue weighted by molar-refractivity contribution is 6.30. The maximum Gasteiger partial charge on any atom is 0.316 e. The molecule has 0 saturated heterocycles. The fourth-order valence-electron chi connectivity index (χ4n) is 5.19. The molecule has 0 spiro atoms. The number of anilines is 1. The SMILES string of the molecule is CCOC(=O)C1(c2ccc(-c3ccc(-c4cnn(C)c4N(C)CCCc4ccc(Cl)cc4)cc3)cc2)CC1. The van der Waals surface area contributed by atoms with Crippen LogP contribution in [0.5, 0.6) is 0 Å². The van der Waals surface area contributed by atoms with Crippen molar-refractivity contribution in [2.24, 2.45) is 7.05 Å². The van der Waals surface area contributed by atoms with E-state index in [0.29, 0.717) is 6.61 Å². The first-order valence-corrected chi connectivity index (χ1v) is 13.7. The summed E-state index contributed by atoms with van der Waals surface area (Å²) in [5.41, 5.74) is 6.44. The number of hydrogen-bond acceptors (Lipinski definition) is 4. The second-order valence-electron chi connectivity index (χ2n) is 10.1. The maximum absolute atomic E-state index is 12.4. The Balaban J connectivity index is 1.27. The highest BCUT2D eigenvalue weighted by Gasteiger charge is 2.52. The van der Waals surface area contributed by atoms with Crippen LogP contribution in [0.1, 0.15) is 37.3 Å². The van der Waals surface area contributed by atoms with E-state index >= 15 is 0 Å². The first-order chi connectivity index (χ1) is 18.4. The molecule has 1 heterocycles. The number of rotatable bonds is 10. The number of halogens is 1. The van der Waals surface area contributed by atoms with Gasteiger partial charge in [0.05, 0.1) is 18.2 Å². The van der Waals surface area contributed by atoms with Crippen LogP contribution in [0.4, 0.5) is 5.82 Å². The average molecular weight is 528 g/mol. The zero-order chi connectivity index (χ0) is 26.7. The lowest BCUT2D eigenvalue weighted by Crippen LogP contribution is -2.23. The van der Waals surface area contributed by atoms with Crippen LogP contribution in [0.15, 0.2) is 79.0 Å². The second-order valence-corrected chi connectivity index (χ2v) is 10.6. The van der Waals surface area contributed by atoms with Crippen molar-refractivity contribution in [1.29, 1.82) is 0 Å². The molecule has 0 unspecified atom stereocenters. The van der Waals surface area contributed by atoms with Crippen molar-refractivity contribution in [2.45, 2.75) is 38.0 Å². The molecule has 0 radical (unpaired) electrons. The van der Waals surface area contributed by atoms with E-state index in [1.165, 1.54) is 5.56 Å². The van der Waals surface area contributed by atoms with E-state index in [2.05, 4.69) is 77.7 Å². The van der Waals surface area contributed by atoms with Gasteiger partial charge in [-0.05, 0) is 72.6 Å². The van der Waals surface area contributed by atoms with Gasteiger partial charge in [-0.1, -0.05) is 72.3 Å². The molecule has 196 valence electrons. The van der Waals surface area contributed by atoms with Crippen molar-refractivity contribution < 1.29 is 9.53 Å².